The monoisotopic (exact) mass is 711 g/mol. The average molecular weight is 712 g/mol. The van der Waals surface area contributed by atoms with Crippen LogP contribution in [0.15, 0.2) is 224 Å². The van der Waals surface area contributed by atoms with Gasteiger partial charge < -0.3 is 4.90 Å². The number of benzene rings is 9. The van der Waals surface area contributed by atoms with E-state index < -0.39 is 0 Å². The summed E-state index contributed by atoms with van der Waals surface area (Å²) < 4.78 is 0. The summed E-state index contributed by atoms with van der Waals surface area (Å²) in [7, 11) is 0. The Labute approximate surface area is 328 Å². The summed E-state index contributed by atoms with van der Waals surface area (Å²) in [6.07, 6.45) is 0. The third kappa shape index (κ3) is 4.74. The lowest BCUT2D eigenvalue weighted by molar-refractivity contribution is 0.794. The maximum Gasteiger partial charge on any atom is 0.0725 e. The van der Waals surface area contributed by atoms with Crippen molar-refractivity contribution in [3.05, 3.63) is 247 Å². The molecule has 0 saturated heterocycles. The fourth-order valence-electron chi connectivity index (χ4n) is 9.64. The molecule has 2 aliphatic rings. The van der Waals surface area contributed by atoms with Gasteiger partial charge in [0, 0.05) is 16.8 Å². The predicted octanol–water partition coefficient (Wildman–Crippen LogP) is 14.5. The summed E-state index contributed by atoms with van der Waals surface area (Å²) in [5.74, 6) is 0. The van der Waals surface area contributed by atoms with E-state index in [1.165, 1.54) is 77.9 Å². The Hall–Kier alpha value is -7.22. The van der Waals surface area contributed by atoms with E-state index in [1.54, 1.807) is 0 Å². The first-order valence-electron chi connectivity index (χ1n) is 19.4. The molecule has 1 spiro atoms. The van der Waals surface area contributed by atoms with Crippen LogP contribution >= 0.6 is 0 Å². The van der Waals surface area contributed by atoms with Gasteiger partial charge in [-0.3, -0.25) is 0 Å². The molecule has 0 aromatic heterocycles. The maximum absolute atomic E-state index is 2.43. The second-order valence-corrected chi connectivity index (χ2v) is 14.8. The first-order chi connectivity index (χ1) is 27.8. The van der Waals surface area contributed by atoms with Crippen molar-refractivity contribution in [2.24, 2.45) is 0 Å². The van der Waals surface area contributed by atoms with Crippen LogP contribution in [0.2, 0.25) is 0 Å². The van der Waals surface area contributed by atoms with E-state index in [1.807, 2.05) is 0 Å². The molecular formula is C55H37N. The minimum Gasteiger partial charge on any atom is -0.309 e. The second kappa shape index (κ2) is 13.0. The van der Waals surface area contributed by atoms with E-state index in [4.69, 9.17) is 0 Å². The van der Waals surface area contributed by atoms with Crippen molar-refractivity contribution >= 4 is 17.1 Å². The van der Waals surface area contributed by atoms with Crippen LogP contribution in [0.3, 0.4) is 0 Å². The van der Waals surface area contributed by atoms with Gasteiger partial charge in [0.15, 0.2) is 0 Å². The van der Waals surface area contributed by atoms with Crippen LogP contribution in [0.5, 0.6) is 0 Å². The fraction of sp³-hybridized carbons (Fsp3) is 0.0182. The second-order valence-electron chi connectivity index (χ2n) is 14.8. The summed E-state index contributed by atoms with van der Waals surface area (Å²) >= 11 is 0. The van der Waals surface area contributed by atoms with E-state index in [0.717, 1.165) is 17.1 Å². The molecule has 262 valence electrons. The lowest BCUT2D eigenvalue weighted by Gasteiger charge is -2.30. The zero-order valence-electron chi connectivity index (χ0n) is 30.8. The van der Waals surface area contributed by atoms with E-state index >= 15 is 0 Å². The van der Waals surface area contributed by atoms with Gasteiger partial charge in [0.1, 0.15) is 0 Å². The Kier molecular flexibility index (Phi) is 7.47. The highest BCUT2D eigenvalue weighted by atomic mass is 15.1. The summed E-state index contributed by atoms with van der Waals surface area (Å²) in [4.78, 5) is 2.43. The van der Waals surface area contributed by atoms with Crippen molar-refractivity contribution in [3.63, 3.8) is 0 Å². The molecular weight excluding hydrogens is 675 g/mol. The van der Waals surface area contributed by atoms with Gasteiger partial charge in [-0.05, 0) is 91.0 Å². The highest BCUT2D eigenvalue weighted by Gasteiger charge is 2.51. The zero-order chi connectivity index (χ0) is 37.1. The van der Waals surface area contributed by atoms with Gasteiger partial charge in [-0.15, -0.1) is 0 Å². The Bertz CT molecular complexity index is 2780. The van der Waals surface area contributed by atoms with Crippen LogP contribution in [0.25, 0.3) is 55.6 Å². The smallest absolute Gasteiger partial charge is 0.0725 e. The van der Waals surface area contributed by atoms with Crippen molar-refractivity contribution in [2.75, 3.05) is 4.90 Å². The van der Waals surface area contributed by atoms with Gasteiger partial charge in [-0.1, -0.05) is 200 Å². The van der Waals surface area contributed by atoms with E-state index in [0.29, 0.717) is 0 Å². The van der Waals surface area contributed by atoms with E-state index in [9.17, 15) is 0 Å². The molecule has 0 atom stereocenters. The van der Waals surface area contributed by atoms with Crippen LogP contribution in [-0.2, 0) is 5.41 Å². The normalized spacial score (nSPS) is 12.8. The SMILES string of the molecule is c1ccc(-c2ccccc2N(c2ccc(-c3cccc4c3-c3ccccc3C43c4ccccc4-c4ccccc43)cc2)c2ccccc2-c2ccccc2)cc1. The van der Waals surface area contributed by atoms with Crippen molar-refractivity contribution in [1.82, 2.24) is 0 Å². The maximum atomic E-state index is 2.43. The van der Waals surface area contributed by atoms with Crippen LogP contribution in [0.4, 0.5) is 17.1 Å². The van der Waals surface area contributed by atoms with Crippen LogP contribution < -0.4 is 4.90 Å². The Morgan fingerprint density at radius 1 is 0.250 bits per heavy atom. The highest BCUT2D eigenvalue weighted by molar-refractivity contribution is 6.00. The van der Waals surface area contributed by atoms with Gasteiger partial charge in [0.05, 0.1) is 16.8 Å². The van der Waals surface area contributed by atoms with Gasteiger partial charge in [-0.25, -0.2) is 0 Å². The highest BCUT2D eigenvalue weighted by Crippen LogP contribution is 2.64. The molecule has 0 bridgehead atoms. The quantitative estimate of drug-likeness (QED) is 0.166. The lowest BCUT2D eigenvalue weighted by Crippen LogP contribution is -2.25. The molecule has 9 aromatic rings. The zero-order valence-corrected chi connectivity index (χ0v) is 30.8. The molecule has 0 amide bonds. The fourth-order valence-corrected chi connectivity index (χ4v) is 9.64. The molecule has 1 nitrogen and oxygen atoms in total. The number of fused-ring (bicyclic) bond motifs is 10. The Morgan fingerprint density at radius 2 is 0.625 bits per heavy atom. The predicted molar refractivity (Wildman–Crippen MR) is 234 cm³/mol. The third-order valence-corrected chi connectivity index (χ3v) is 11.9. The number of hydrogen-bond acceptors (Lipinski definition) is 1. The van der Waals surface area contributed by atoms with Gasteiger partial charge >= 0.3 is 0 Å². The first kappa shape index (κ1) is 32.2. The number of para-hydroxylation sites is 2. The molecule has 9 aromatic carbocycles. The molecule has 11 rings (SSSR count). The summed E-state index contributed by atoms with van der Waals surface area (Å²) in [6.45, 7) is 0. The molecule has 0 heterocycles. The Morgan fingerprint density at radius 3 is 1.16 bits per heavy atom. The molecule has 0 N–H and O–H groups in total. The summed E-state index contributed by atoms with van der Waals surface area (Å²) in [5.41, 5.74) is 20.9. The first-order valence-corrected chi connectivity index (χ1v) is 19.4. The number of anilines is 3. The molecule has 0 unspecified atom stereocenters. The Balaban J connectivity index is 1.10. The lowest BCUT2D eigenvalue weighted by atomic mass is 9.70. The number of hydrogen-bond donors (Lipinski definition) is 0. The summed E-state index contributed by atoms with van der Waals surface area (Å²) in [6, 6.07) is 82.3. The van der Waals surface area contributed by atoms with Gasteiger partial charge in [-0.2, -0.15) is 0 Å². The van der Waals surface area contributed by atoms with Crippen LogP contribution in [-0.4, -0.2) is 0 Å². The minimum atomic E-state index is -0.367. The number of nitrogens with zero attached hydrogens (tertiary/aromatic N) is 1. The molecule has 0 saturated carbocycles. The van der Waals surface area contributed by atoms with Crippen LogP contribution in [0, 0.1) is 0 Å². The van der Waals surface area contributed by atoms with Crippen molar-refractivity contribution in [1.29, 1.82) is 0 Å². The molecule has 0 radical (unpaired) electrons. The van der Waals surface area contributed by atoms with Gasteiger partial charge in [0.2, 0.25) is 0 Å². The van der Waals surface area contributed by atoms with E-state index in [-0.39, 0.29) is 5.41 Å². The van der Waals surface area contributed by atoms with Crippen molar-refractivity contribution in [2.45, 2.75) is 5.41 Å². The molecule has 1 heteroatoms. The molecule has 56 heavy (non-hydrogen) atoms. The molecule has 0 fully saturated rings. The van der Waals surface area contributed by atoms with Gasteiger partial charge in [0.25, 0.3) is 0 Å². The van der Waals surface area contributed by atoms with Crippen molar-refractivity contribution < 1.29 is 0 Å². The largest absolute Gasteiger partial charge is 0.309 e. The molecule has 2 aliphatic carbocycles. The number of rotatable bonds is 6. The van der Waals surface area contributed by atoms with E-state index in [2.05, 4.69) is 229 Å². The third-order valence-electron chi connectivity index (χ3n) is 11.9. The standard InChI is InChI=1S/C55H37N/c1-3-18-38(19-4-1)42-22-10-15-32-52(42)56(53-33-16-11-23-43(53)39-20-5-2-6-21-39)41-36-34-40(35-37-41)44-27-17-31-51-54(44)47-26-9-14-30-50(47)55(51)48-28-12-7-24-45(48)46-25-8-13-29-49(46)55/h1-37H. The molecule has 0 aliphatic heterocycles. The van der Waals surface area contributed by atoms with Crippen molar-refractivity contribution in [3.8, 4) is 55.6 Å². The average Bonchev–Trinajstić information content (AvgIpc) is 3.75. The van der Waals surface area contributed by atoms with Crippen LogP contribution in [0.1, 0.15) is 22.3 Å². The minimum absolute atomic E-state index is 0.367. The summed E-state index contributed by atoms with van der Waals surface area (Å²) in [5, 5.41) is 0. The topological polar surface area (TPSA) is 3.24 Å².